The Kier molecular flexibility index (Phi) is 4.69. The van der Waals surface area contributed by atoms with E-state index in [4.69, 9.17) is 5.73 Å². The zero-order chi connectivity index (χ0) is 14.6. The van der Waals surface area contributed by atoms with Crippen LogP contribution < -0.4 is 16.4 Å². The van der Waals surface area contributed by atoms with Crippen molar-refractivity contribution in [1.82, 2.24) is 9.97 Å². The number of hydrogen-bond acceptors (Lipinski definition) is 5. The fourth-order valence-electron chi connectivity index (χ4n) is 1.67. The molecule has 0 spiro atoms. The Morgan fingerprint density at radius 1 is 1.37 bits per heavy atom. The minimum atomic E-state index is -0.626. The highest BCUT2D eigenvalue weighted by atomic mass is 16.1. The minimum Gasteiger partial charge on any atom is -0.373 e. The molecule has 4 N–H and O–H groups in total. The van der Waals surface area contributed by atoms with E-state index in [-0.39, 0.29) is 11.8 Å². The first-order valence-corrected chi connectivity index (χ1v) is 6.36. The Balaban J connectivity index is 2.99. The Morgan fingerprint density at radius 3 is 2.42 bits per heavy atom. The molecule has 1 aromatic heterocycles. The number of rotatable bonds is 6. The first-order valence-electron chi connectivity index (χ1n) is 6.36. The zero-order valence-electron chi connectivity index (χ0n) is 12.2. The van der Waals surface area contributed by atoms with Crippen LogP contribution in [-0.2, 0) is 4.79 Å². The second-order valence-corrected chi connectivity index (χ2v) is 5.49. The normalized spacial score (nSPS) is 11.5. The summed E-state index contributed by atoms with van der Waals surface area (Å²) in [5.74, 6) is 1.46. The van der Waals surface area contributed by atoms with Crippen LogP contribution in [0.1, 0.15) is 39.2 Å². The van der Waals surface area contributed by atoms with Crippen molar-refractivity contribution >= 4 is 17.5 Å². The number of nitrogens with one attached hydrogen (secondary N) is 2. The van der Waals surface area contributed by atoms with Crippen LogP contribution in [0.15, 0.2) is 6.33 Å². The summed E-state index contributed by atoms with van der Waals surface area (Å²) in [5, 5.41) is 6.25. The number of nitrogens with zero attached hydrogens (tertiary/aromatic N) is 2. The number of amides is 1. The van der Waals surface area contributed by atoms with Gasteiger partial charge >= 0.3 is 0 Å². The van der Waals surface area contributed by atoms with Gasteiger partial charge in [0, 0.05) is 19.2 Å². The lowest BCUT2D eigenvalue weighted by atomic mass is 9.92. The quantitative estimate of drug-likeness (QED) is 0.726. The third-order valence-corrected chi connectivity index (χ3v) is 3.06. The van der Waals surface area contributed by atoms with E-state index in [2.05, 4.69) is 34.4 Å². The molecule has 6 heteroatoms. The van der Waals surface area contributed by atoms with Gasteiger partial charge < -0.3 is 16.4 Å². The Bertz CT molecular complexity index is 456. The van der Waals surface area contributed by atoms with Gasteiger partial charge in [0.1, 0.15) is 18.0 Å². The molecule has 19 heavy (non-hydrogen) atoms. The lowest BCUT2D eigenvalue weighted by Crippen LogP contribution is -2.37. The van der Waals surface area contributed by atoms with Crippen LogP contribution in [0.5, 0.6) is 0 Å². The molecule has 0 saturated carbocycles. The fraction of sp³-hybridized carbons (Fsp3) is 0.615. The summed E-state index contributed by atoms with van der Waals surface area (Å²) < 4.78 is 0. The van der Waals surface area contributed by atoms with E-state index in [1.54, 1.807) is 13.8 Å². The largest absolute Gasteiger partial charge is 0.373 e. The predicted octanol–water partition coefficient (Wildman–Crippen LogP) is 1.57. The maximum atomic E-state index is 11.3. The fourth-order valence-corrected chi connectivity index (χ4v) is 1.67. The van der Waals surface area contributed by atoms with Crippen LogP contribution in [0.3, 0.4) is 0 Å². The summed E-state index contributed by atoms with van der Waals surface area (Å²) in [5.41, 5.74) is 5.74. The smallest absolute Gasteiger partial charge is 0.224 e. The molecule has 0 aliphatic rings. The van der Waals surface area contributed by atoms with Gasteiger partial charge in [-0.05, 0) is 19.8 Å². The summed E-state index contributed by atoms with van der Waals surface area (Å²) in [6.45, 7) is 8.19. The number of nitrogens with two attached hydrogens (primary N) is 1. The molecule has 0 bridgehead atoms. The lowest BCUT2D eigenvalue weighted by Gasteiger charge is -2.23. The molecule has 0 aromatic carbocycles. The molecular formula is C13H23N5O. The van der Waals surface area contributed by atoms with Gasteiger partial charge in [-0.15, -0.1) is 0 Å². The lowest BCUT2D eigenvalue weighted by molar-refractivity contribution is -0.125. The molecule has 0 fully saturated rings. The maximum Gasteiger partial charge on any atom is 0.224 e. The van der Waals surface area contributed by atoms with E-state index in [1.165, 1.54) is 6.33 Å². The Hall–Kier alpha value is -1.85. The summed E-state index contributed by atoms with van der Waals surface area (Å²) >= 11 is 0. The van der Waals surface area contributed by atoms with Gasteiger partial charge in [-0.1, -0.05) is 13.8 Å². The van der Waals surface area contributed by atoms with Crippen molar-refractivity contribution in [2.75, 3.05) is 24.2 Å². The highest BCUT2D eigenvalue weighted by Crippen LogP contribution is 2.28. The SMILES string of the molecule is CNc1ncnc(NCC(C)(C)C(N)=O)c1C(C)C. The van der Waals surface area contributed by atoms with Gasteiger partial charge in [-0.3, -0.25) is 4.79 Å². The number of carbonyl (C=O) groups is 1. The van der Waals surface area contributed by atoms with Crippen molar-refractivity contribution in [3.05, 3.63) is 11.9 Å². The van der Waals surface area contributed by atoms with Crippen LogP contribution in [0.4, 0.5) is 11.6 Å². The van der Waals surface area contributed by atoms with Crippen molar-refractivity contribution in [3.63, 3.8) is 0 Å². The van der Waals surface area contributed by atoms with Crippen molar-refractivity contribution in [1.29, 1.82) is 0 Å². The molecule has 0 atom stereocenters. The van der Waals surface area contributed by atoms with Crippen molar-refractivity contribution in [2.24, 2.45) is 11.1 Å². The van der Waals surface area contributed by atoms with Crippen molar-refractivity contribution in [2.45, 2.75) is 33.6 Å². The molecular weight excluding hydrogens is 242 g/mol. The molecule has 0 unspecified atom stereocenters. The summed E-state index contributed by atoms with van der Waals surface area (Å²) in [6, 6.07) is 0. The molecule has 1 heterocycles. The second-order valence-electron chi connectivity index (χ2n) is 5.49. The van der Waals surface area contributed by atoms with Gasteiger partial charge in [0.15, 0.2) is 0 Å². The zero-order valence-corrected chi connectivity index (χ0v) is 12.2. The molecule has 0 saturated heterocycles. The minimum absolute atomic E-state index is 0.267. The Labute approximate surface area is 114 Å². The van der Waals surface area contributed by atoms with E-state index in [9.17, 15) is 4.79 Å². The van der Waals surface area contributed by atoms with Crippen LogP contribution in [0.25, 0.3) is 0 Å². The van der Waals surface area contributed by atoms with Crippen LogP contribution in [-0.4, -0.2) is 29.5 Å². The number of hydrogen-bond donors (Lipinski definition) is 3. The van der Waals surface area contributed by atoms with E-state index < -0.39 is 5.41 Å². The molecule has 0 aliphatic carbocycles. The molecule has 0 aliphatic heterocycles. The highest BCUT2D eigenvalue weighted by molar-refractivity contribution is 5.80. The summed E-state index contributed by atoms with van der Waals surface area (Å²) in [7, 11) is 1.82. The Morgan fingerprint density at radius 2 is 1.95 bits per heavy atom. The first kappa shape index (κ1) is 15.2. The van der Waals surface area contributed by atoms with E-state index in [1.807, 2.05) is 7.05 Å². The van der Waals surface area contributed by atoms with E-state index >= 15 is 0 Å². The molecule has 6 nitrogen and oxygen atoms in total. The third-order valence-electron chi connectivity index (χ3n) is 3.06. The van der Waals surface area contributed by atoms with Crippen molar-refractivity contribution in [3.8, 4) is 0 Å². The second kappa shape index (κ2) is 5.86. The molecule has 1 aromatic rings. The molecule has 0 radical (unpaired) electrons. The van der Waals surface area contributed by atoms with Gasteiger partial charge in [0.25, 0.3) is 0 Å². The molecule has 106 valence electrons. The van der Waals surface area contributed by atoms with Crippen molar-refractivity contribution < 1.29 is 4.79 Å². The number of anilines is 2. The van der Waals surface area contributed by atoms with Gasteiger partial charge in [0.05, 0.1) is 5.41 Å². The third kappa shape index (κ3) is 3.56. The number of carbonyl (C=O) groups excluding carboxylic acids is 1. The standard InChI is InChI=1S/C13H23N5O/c1-8(2)9-10(15-5)17-7-18-11(9)16-6-13(3,4)12(14)19/h7-8H,6H2,1-5H3,(H2,14,19)(H2,15,16,17,18). The summed E-state index contributed by atoms with van der Waals surface area (Å²) in [6.07, 6.45) is 1.50. The predicted molar refractivity (Wildman–Crippen MR) is 77.1 cm³/mol. The van der Waals surface area contributed by atoms with Crippen LogP contribution in [0.2, 0.25) is 0 Å². The van der Waals surface area contributed by atoms with Gasteiger partial charge in [0.2, 0.25) is 5.91 Å². The van der Waals surface area contributed by atoms with Crippen LogP contribution >= 0.6 is 0 Å². The topological polar surface area (TPSA) is 92.9 Å². The van der Waals surface area contributed by atoms with E-state index in [0.717, 1.165) is 17.2 Å². The highest BCUT2D eigenvalue weighted by Gasteiger charge is 2.25. The monoisotopic (exact) mass is 265 g/mol. The summed E-state index contributed by atoms with van der Waals surface area (Å²) in [4.78, 5) is 19.8. The van der Waals surface area contributed by atoms with E-state index in [0.29, 0.717) is 6.54 Å². The average Bonchev–Trinajstić information content (AvgIpc) is 2.35. The first-order chi connectivity index (χ1) is 8.79. The van der Waals surface area contributed by atoms with Gasteiger partial charge in [-0.2, -0.15) is 0 Å². The molecule has 1 rings (SSSR count). The van der Waals surface area contributed by atoms with Crippen LogP contribution in [0, 0.1) is 5.41 Å². The van der Waals surface area contributed by atoms with Gasteiger partial charge in [-0.25, -0.2) is 9.97 Å². The average molecular weight is 265 g/mol. The maximum absolute atomic E-state index is 11.3. The number of primary amides is 1. The number of aromatic nitrogens is 2. The molecule has 1 amide bonds.